The Bertz CT molecular complexity index is 1650. The largest absolute Gasteiger partial charge is 0.457 e. The van der Waals surface area contributed by atoms with Crippen molar-refractivity contribution in [1.82, 2.24) is 29.5 Å². The Hall–Kier alpha value is -4.11. The molecule has 0 aliphatic heterocycles. The van der Waals surface area contributed by atoms with Crippen molar-refractivity contribution in [3.63, 3.8) is 0 Å². The molecule has 0 unspecified atom stereocenters. The SMILES string of the molecule is CCCCC1(CC)CC(OC)C1.Cc1ncc2ncnc(Nc3ccc(Oc4ccc5c(c4)ncn5C)c(C)c3)c2n1. The lowest BCUT2D eigenvalue weighted by Gasteiger charge is -2.47. The minimum absolute atomic E-state index is 0.571. The highest BCUT2D eigenvalue weighted by atomic mass is 16.5. The van der Waals surface area contributed by atoms with Crippen LogP contribution in [0.5, 0.6) is 11.5 Å². The van der Waals surface area contributed by atoms with E-state index in [1.54, 1.807) is 12.5 Å². The van der Waals surface area contributed by atoms with E-state index in [2.05, 4.69) is 44.1 Å². The van der Waals surface area contributed by atoms with Crippen LogP contribution in [-0.2, 0) is 11.8 Å². The smallest absolute Gasteiger partial charge is 0.160 e. The van der Waals surface area contributed by atoms with Gasteiger partial charge in [0.15, 0.2) is 5.82 Å². The monoisotopic (exact) mass is 567 g/mol. The van der Waals surface area contributed by atoms with Crippen LogP contribution in [0.1, 0.15) is 63.8 Å². The van der Waals surface area contributed by atoms with Crippen LogP contribution < -0.4 is 10.1 Å². The van der Waals surface area contributed by atoms with Gasteiger partial charge >= 0.3 is 0 Å². The van der Waals surface area contributed by atoms with Crippen molar-refractivity contribution in [1.29, 1.82) is 0 Å². The fourth-order valence-electron chi connectivity index (χ4n) is 5.61. The van der Waals surface area contributed by atoms with Crippen LogP contribution in [-0.4, -0.2) is 42.7 Å². The molecule has 9 nitrogen and oxygen atoms in total. The minimum atomic E-state index is 0.571. The molecule has 2 aromatic carbocycles. The van der Waals surface area contributed by atoms with Gasteiger partial charge in [0, 0.05) is 25.9 Å². The van der Waals surface area contributed by atoms with E-state index < -0.39 is 0 Å². The molecule has 1 fully saturated rings. The Kier molecular flexibility index (Phi) is 8.97. The topological polar surface area (TPSA) is 99.9 Å². The van der Waals surface area contributed by atoms with Gasteiger partial charge in [-0.3, -0.25) is 0 Å². The molecule has 1 aliphatic rings. The third-order valence-corrected chi connectivity index (χ3v) is 8.33. The van der Waals surface area contributed by atoms with Gasteiger partial charge in [-0.2, -0.15) is 0 Å². The average molecular weight is 568 g/mol. The quantitative estimate of drug-likeness (QED) is 0.192. The molecule has 0 bridgehead atoms. The molecule has 5 aromatic rings. The van der Waals surface area contributed by atoms with Crippen molar-refractivity contribution in [3.05, 3.63) is 66.6 Å². The first-order valence-corrected chi connectivity index (χ1v) is 14.8. The Morgan fingerprint density at radius 1 is 1.00 bits per heavy atom. The Labute approximate surface area is 247 Å². The zero-order chi connectivity index (χ0) is 29.7. The average Bonchev–Trinajstić information content (AvgIpc) is 3.34. The van der Waals surface area contributed by atoms with Crippen LogP contribution in [0.15, 0.2) is 55.2 Å². The summed E-state index contributed by atoms with van der Waals surface area (Å²) in [6.07, 6.45) is 13.7. The Balaban J connectivity index is 0.000000248. The predicted octanol–water partition coefficient (Wildman–Crippen LogP) is 7.84. The molecule has 1 saturated carbocycles. The summed E-state index contributed by atoms with van der Waals surface area (Å²) in [7, 11) is 3.81. The Morgan fingerprint density at radius 2 is 1.83 bits per heavy atom. The van der Waals surface area contributed by atoms with E-state index in [1.807, 2.05) is 69.0 Å². The van der Waals surface area contributed by atoms with Crippen molar-refractivity contribution in [2.24, 2.45) is 12.5 Å². The predicted molar refractivity (Wildman–Crippen MR) is 167 cm³/mol. The number of ether oxygens (including phenoxy) is 2. The van der Waals surface area contributed by atoms with Gasteiger partial charge in [-0.1, -0.05) is 33.1 Å². The molecule has 0 saturated heterocycles. The molecule has 0 spiro atoms. The molecule has 42 heavy (non-hydrogen) atoms. The van der Waals surface area contributed by atoms with Gasteiger partial charge in [0.1, 0.15) is 34.7 Å². The van der Waals surface area contributed by atoms with Gasteiger partial charge in [-0.05, 0) is 74.4 Å². The fraction of sp³-hybridized carbons (Fsp3) is 0.424. The summed E-state index contributed by atoms with van der Waals surface area (Å²) >= 11 is 0. The number of anilines is 2. The number of rotatable bonds is 9. The van der Waals surface area contributed by atoms with Crippen LogP contribution in [0.25, 0.3) is 22.1 Å². The number of unbranched alkanes of at least 4 members (excludes halogenated alkanes) is 1. The van der Waals surface area contributed by atoms with E-state index in [0.717, 1.165) is 33.8 Å². The number of methoxy groups -OCH3 is 1. The lowest BCUT2D eigenvalue weighted by Crippen LogP contribution is -2.41. The second-order valence-electron chi connectivity index (χ2n) is 11.3. The number of hydrogen-bond acceptors (Lipinski definition) is 8. The first-order chi connectivity index (χ1) is 20.3. The van der Waals surface area contributed by atoms with Crippen LogP contribution in [0.3, 0.4) is 0 Å². The summed E-state index contributed by atoms with van der Waals surface area (Å²) in [4.78, 5) is 21.6. The van der Waals surface area contributed by atoms with E-state index in [9.17, 15) is 0 Å². The number of fused-ring (bicyclic) bond motifs is 2. The number of benzene rings is 2. The van der Waals surface area contributed by atoms with Gasteiger partial charge in [0.2, 0.25) is 0 Å². The maximum absolute atomic E-state index is 6.09. The van der Waals surface area contributed by atoms with E-state index in [1.165, 1.54) is 44.9 Å². The second kappa shape index (κ2) is 12.8. The minimum Gasteiger partial charge on any atom is -0.457 e. The maximum Gasteiger partial charge on any atom is 0.160 e. The van der Waals surface area contributed by atoms with Crippen LogP contribution >= 0.6 is 0 Å². The first-order valence-electron chi connectivity index (χ1n) is 14.8. The number of nitrogens with one attached hydrogen (secondary N) is 1. The number of aryl methyl sites for hydroxylation is 3. The van der Waals surface area contributed by atoms with Crippen LogP contribution in [0.2, 0.25) is 0 Å². The van der Waals surface area contributed by atoms with Gasteiger partial charge in [-0.25, -0.2) is 24.9 Å². The number of nitrogens with zero attached hydrogens (tertiary/aromatic N) is 6. The molecule has 3 heterocycles. The zero-order valence-corrected chi connectivity index (χ0v) is 25.5. The molecule has 6 rings (SSSR count). The van der Waals surface area contributed by atoms with Gasteiger partial charge in [-0.15, -0.1) is 0 Å². The van der Waals surface area contributed by atoms with E-state index >= 15 is 0 Å². The van der Waals surface area contributed by atoms with E-state index in [-0.39, 0.29) is 0 Å². The zero-order valence-electron chi connectivity index (χ0n) is 25.5. The number of aromatic nitrogens is 6. The van der Waals surface area contributed by atoms with Crippen molar-refractivity contribution < 1.29 is 9.47 Å². The van der Waals surface area contributed by atoms with Gasteiger partial charge in [0.05, 0.1) is 29.7 Å². The third kappa shape index (κ3) is 6.51. The molecule has 3 aromatic heterocycles. The third-order valence-electron chi connectivity index (χ3n) is 8.33. The summed E-state index contributed by atoms with van der Waals surface area (Å²) in [6, 6.07) is 11.8. The van der Waals surface area contributed by atoms with Gasteiger partial charge in [0.25, 0.3) is 0 Å². The summed E-state index contributed by atoms with van der Waals surface area (Å²) in [5, 5.41) is 3.32. The lowest BCUT2D eigenvalue weighted by atomic mass is 9.62. The van der Waals surface area contributed by atoms with Crippen molar-refractivity contribution in [3.8, 4) is 11.5 Å². The molecule has 1 N–H and O–H groups in total. The van der Waals surface area contributed by atoms with Crippen LogP contribution in [0.4, 0.5) is 11.5 Å². The molecule has 1 aliphatic carbocycles. The highest BCUT2D eigenvalue weighted by Gasteiger charge is 2.41. The molecule has 0 radical (unpaired) electrons. The first kappa shape index (κ1) is 29.4. The van der Waals surface area contributed by atoms with Crippen LogP contribution in [0, 0.1) is 19.3 Å². The normalized spacial score (nSPS) is 17.9. The van der Waals surface area contributed by atoms with Gasteiger partial charge < -0.3 is 19.4 Å². The molecule has 0 atom stereocenters. The molecule has 220 valence electrons. The number of hydrogen-bond donors (Lipinski definition) is 1. The van der Waals surface area contributed by atoms with E-state index in [4.69, 9.17) is 9.47 Å². The molecular formula is C33H41N7O2. The molecule has 0 amide bonds. The van der Waals surface area contributed by atoms with Crippen molar-refractivity contribution >= 4 is 33.6 Å². The standard InChI is InChI=1S/C22H19N7O.C11H22O/c1-13-8-15(28-22-21-18(24-11-25-22)10-23-14(2)27-21)4-7-20(13)30-16-5-6-19-17(9-16)26-12-29(19)3;1-4-6-7-11(5-2)8-10(9-11)12-3/h4-12H,1-3H3,(H,24,25,28);10H,4-9H2,1-3H3. The maximum atomic E-state index is 6.09. The van der Waals surface area contributed by atoms with E-state index in [0.29, 0.717) is 34.2 Å². The molecule has 9 heteroatoms. The Morgan fingerprint density at radius 3 is 2.57 bits per heavy atom. The summed E-state index contributed by atoms with van der Waals surface area (Å²) in [6.45, 7) is 8.44. The summed E-state index contributed by atoms with van der Waals surface area (Å²) < 4.78 is 13.4. The lowest BCUT2D eigenvalue weighted by molar-refractivity contribution is -0.0665. The highest BCUT2D eigenvalue weighted by Crippen LogP contribution is 2.49. The molecular weight excluding hydrogens is 526 g/mol. The van der Waals surface area contributed by atoms with Crippen molar-refractivity contribution in [2.75, 3.05) is 12.4 Å². The summed E-state index contributed by atoms with van der Waals surface area (Å²) in [5.41, 5.74) is 5.89. The fourth-order valence-corrected chi connectivity index (χ4v) is 5.61. The van der Waals surface area contributed by atoms with Crippen molar-refractivity contribution in [2.45, 2.75) is 72.3 Å². The number of imidazole rings is 1. The highest BCUT2D eigenvalue weighted by molar-refractivity contribution is 5.86. The second-order valence-corrected chi connectivity index (χ2v) is 11.3. The summed E-state index contributed by atoms with van der Waals surface area (Å²) in [5.74, 6) is 2.84.